The van der Waals surface area contributed by atoms with Gasteiger partial charge in [0.25, 0.3) is 0 Å². The molecule has 0 unspecified atom stereocenters. The first-order chi connectivity index (χ1) is 8.42. The Morgan fingerprint density at radius 2 is 1.65 bits per heavy atom. The van der Waals surface area contributed by atoms with E-state index >= 15 is 0 Å². The van der Waals surface area contributed by atoms with Crippen molar-refractivity contribution in [1.29, 1.82) is 0 Å². The van der Waals surface area contributed by atoms with Crippen LogP contribution in [0.1, 0.15) is 5.56 Å². The number of benzene rings is 2. The first kappa shape index (κ1) is 11.2. The standard InChI is InChI=1S/C14H13N3/c15-17-16-11-10-13-8-4-5-9-14(13)12-6-2-1-3-7-12/h1-9H,10-11H2. The molecule has 0 aliphatic heterocycles. The van der Waals surface area contributed by atoms with Gasteiger partial charge in [-0.15, -0.1) is 0 Å². The molecule has 0 aromatic heterocycles. The van der Waals surface area contributed by atoms with E-state index in [-0.39, 0.29) is 0 Å². The van der Waals surface area contributed by atoms with Gasteiger partial charge < -0.3 is 0 Å². The lowest BCUT2D eigenvalue weighted by Crippen LogP contribution is -1.92. The Kier molecular flexibility index (Phi) is 3.79. The van der Waals surface area contributed by atoms with E-state index in [0.717, 1.165) is 6.42 Å². The predicted octanol–water partition coefficient (Wildman–Crippen LogP) is 4.21. The quantitative estimate of drug-likeness (QED) is 0.423. The molecule has 3 nitrogen and oxygen atoms in total. The normalized spacial score (nSPS) is 9.65. The first-order valence-electron chi connectivity index (χ1n) is 5.56. The van der Waals surface area contributed by atoms with E-state index in [1.165, 1.54) is 16.7 Å². The summed E-state index contributed by atoms with van der Waals surface area (Å²) in [5, 5.41) is 3.58. The summed E-state index contributed by atoms with van der Waals surface area (Å²) in [5.41, 5.74) is 11.9. The van der Waals surface area contributed by atoms with Crippen LogP contribution in [-0.2, 0) is 6.42 Å². The minimum absolute atomic E-state index is 0.500. The minimum atomic E-state index is 0.500. The molecule has 2 aromatic rings. The van der Waals surface area contributed by atoms with Crippen LogP contribution in [0, 0.1) is 0 Å². The summed E-state index contributed by atoms with van der Waals surface area (Å²) < 4.78 is 0. The average molecular weight is 223 g/mol. The van der Waals surface area contributed by atoms with E-state index in [9.17, 15) is 0 Å². The lowest BCUT2D eigenvalue weighted by Gasteiger charge is -2.08. The van der Waals surface area contributed by atoms with Crippen LogP contribution in [0.5, 0.6) is 0 Å². The van der Waals surface area contributed by atoms with Gasteiger partial charge in [0, 0.05) is 11.5 Å². The monoisotopic (exact) mass is 223 g/mol. The molecule has 0 amide bonds. The van der Waals surface area contributed by atoms with Gasteiger partial charge in [-0.25, -0.2) is 0 Å². The Hall–Kier alpha value is -2.25. The van der Waals surface area contributed by atoms with Crippen LogP contribution in [0.4, 0.5) is 0 Å². The van der Waals surface area contributed by atoms with E-state index in [2.05, 4.69) is 34.3 Å². The molecule has 0 N–H and O–H groups in total. The molecule has 0 saturated heterocycles. The third-order valence-electron chi connectivity index (χ3n) is 2.65. The summed E-state index contributed by atoms with van der Waals surface area (Å²) in [4.78, 5) is 2.78. The molecule has 3 heteroatoms. The molecule has 84 valence electrons. The third-order valence-corrected chi connectivity index (χ3v) is 2.65. The van der Waals surface area contributed by atoms with Crippen LogP contribution >= 0.6 is 0 Å². The zero-order valence-corrected chi connectivity index (χ0v) is 9.45. The fourth-order valence-electron chi connectivity index (χ4n) is 1.85. The third kappa shape index (κ3) is 2.86. The Bertz CT molecular complexity index is 528. The van der Waals surface area contributed by atoms with Crippen molar-refractivity contribution >= 4 is 0 Å². The van der Waals surface area contributed by atoms with Crippen LogP contribution < -0.4 is 0 Å². The Labute approximate surface area is 100 Å². The second-order valence-electron chi connectivity index (χ2n) is 3.73. The van der Waals surface area contributed by atoms with Crippen LogP contribution in [-0.4, -0.2) is 6.54 Å². The SMILES string of the molecule is [N-]=[N+]=NCCc1ccccc1-c1ccccc1. The number of azide groups is 1. The van der Waals surface area contributed by atoms with E-state index in [1.807, 2.05) is 30.3 Å². The summed E-state index contributed by atoms with van der Waals surface area (Å²) in [6, 6.07) is 18.5. The van der Waals surface area contributed by atoms with Gasteiger partial charge in [0.15, 0.2) is 0 Å². The summed E-state index contributed by atoms with van der Waals surface area (Å²) in [5.74, 6) is 0. The van der Waals surface area contributed by atoms with E-state index in [4.69, 9.17) is 5.53 Å². The van der Waals surface area contributed by atoms with Gasteiger partial charge >= 0.3 is 0 Å². The van der Waals surface area contributed by atoms with Gasteiger partial charge in [-0.3, -0.25) is 0 Å². The average Bonchev–Trinajstić information content (AvgIpc) is 2.41. The van der Waals surface area contributed by atoms with Gasteiger partial charge in [-0.05, 0) is 28.6 Å². The summed E-state index contributed by atoms with van der Waals surface area (Å²) in [7, 11) is 0. The van der Waals surface area contributed by atoms with Crippen LogP contribution in [0.2, 0.25) is 0 Å². The maximum Gasteiger partial charge on any atom is 0.0298 e. The highest BCUT2D eigenvalue weighted by Gasteiger charge is 2.02. The van der Waals surface area contributed by atoms with Crippen molar-refractivity contribution in [2.24, 2.45) is 5.11 Å². The Morgan fingerprint density at radius 3 is 2.41 bits per heavy atom. The van der Waals surface area contributed by atoms with Crippen molar-refractivity contribution in [1.82, 2.24) is 0 Å². The van der Waals surface area contributed by atoms with E-state index in [0.29, 0.717) is 6.54 Å². The van der Waals surface area contributed by atoms with Gasteiger partial charge in [0.2, 0.25) is 0 Å². The van der Waals surface area contributed by atoms with Gasteiger partial charge in [0.1, 0.15) is 0 Å². The molecule has 0 saturated carbocycles. The van der Waals surface area contributed by atoms with Crippen molar-refractivity contribution in [3.05, 3.63) is 70.6 Å². The Morgan fingerprint density at radius 1 is 0.941 bits per heavy atom. The fourth-order valence-corrected chi connectivity index (χ4v) is 1.85. The smallest absolute Gasteiger partial charge is 0.0298 e. The molecule has 0 aliphatic carbocycles. The topological polar surface area (TPSA) is 48.8 Å². The van der Waals surface area contributed by atoms with Gasteiger partial charge in [0.05, 0.1) is 0 Å². The second-order valence-corrected chi connectivity index (χ2v) is 3.73. The van der Waals surface area contributed by atoms with Gasteiger partial charge in [-0.2, -0.15) is 0 Å². The number of nitrogens with zero attached hydrogens (tertiary/aromatic N) is 3. The van der Waals surface area contributed by atoms with E-state index in [1.54, 1.807) is 0 Å². The molecule has 17 heavy (non-hydrogen) atoms. The zero-order valence-electron chi connectivity index (χ0n) is 9.45. The molecular weight excluding hydrogens is 210 g/mol. The van der Waals surface area contributed by atoms with Crippen LogP contribution in [0.15, 0.2) is 59.7 Å². The molecule has 0 atom stereocenters. The van der Waals surface area contributed by atoms with Gasteiger partial charge in [-0.1, -0.05) is 59.7 Å². The van der Waals surface area contributed by atoms with Crippen molar-refractivity contribution < 1.29 is 0 Å². The molecule has 0 bridgehead atoms. The lowest BCUT2D eigenvalue weighted by molar-refractivity contribution is 0.958. The predicted molar refractivity (Wildman–Crippen MR) is 69.6 cm³/mol. The summed E-state index contributed by atoms with van der Waals surface area (Å²) in [6.07, 6.45) is 0.773. The first-order valence-corrected chi connectivity index (χ1v) is 5.56. The van der Waals surface area contributed by atoms with Crippen molar-refractivity contribution in [2.45, 2.75) is 6.42 Å². The zero-order chi connectivity index (χ0) is 11.9. The summed E-state index contributed by atoms with van der Waals surface area (Å²) >= 11 is 0. The largest absolute Gasteiger partial charge is 0.0936 e. The summed E-state index contributed by atoms with van der Waals surface area (Å²) in [6.45, 7) is 0.500. The maximum absolute atomic E-state index is 8.29. The number of hydrogen-bond donors (Lipinski definition) is 0. The molecule has 0 spiro atoms. The highest BCUT2D eigenvalue weighted by molar-refractivity contribution is 5.67. The molecule has 0 aliphatic rings. The molecular formula is C14H13N3. The Balaban J connectivity index is 2.31. The van der Waals surface area contributed by atoms with Crippen LogP contribution in [0.3, 0.4) is 0 Å². The number of rotatable bonds is 4. The van der Waals surface area contributed by atoms with Crippen LogP contribution in [0.25, 0.3) is 21.6 Å². The highest BCUT2D eigenvalue weighted by atomic mass is 15.1. The molecule has 2 rings (SSSR count). The molecule has 0 heterocycles. The maximum atomic E-state index is 8.29. The second kappa shape index (κ2) is 5.73. The van der Waals surface area contributed by atoms with Crippen molar-refractivity contribution in [3.8, 4) is 11.1 Å². The molecule has 0 radical (unpaired) electrons. The minimum Gasteiger partial charge on any atom is -0.0936 e. The lowest BCUT2D eigenvalue weighted by atomic mass is 9.98. The number of hydrogen-bond acceptors (Lipinski definition) is 1. The molecule has 0 fully saturated rings. The van der Waals surface area contributed by atoms with Crippen molar-refractivity contribution in [2.75, 3.05) is 6.54 Å². The van der Waals surface area contributed by atoms with E-state index < -0.39 is 0 Å². The fraction of sp³-hybridized carbons (Fsp3) is 0.143. The van der Waals surface area contributed by atoms with Crippen molar-refractivity contribution in [3.63, 3.8) is 0 Å². The molecule has 2 aromatic carbocycles. The highest BCUT2D eigenvalue weighted by Crippen LogP contribution is 2.23.